The number of fused-ring (bicyclic) bond motifs is 1. The molecule has 2 aromatic carbocycles. The molecule has 0 amide bonds. The molecule has 0 aliphatic heterocycles. The molecule has 3 rings (SSSR count). The first-order chi connectivity index (χ1) is 11.0. The Kier molecular flexibility index (Phi) is 4.96. The zero-order valence-electron chi connectivity index (χ0n) is 12.1. The first-order valence-corrected chi connectivity index (χ1v) is 6.71. The van der Waals surface area contributed by atoms with Crippen LogP contribution in [0.3, 0.4) is 0 Å². The van der Waals surface area contributed by atoms with Gasteiger partial charge in [-0.05, 0) is 24.3 Å². The molecule has 1 N–H and O–H groups in total. The Morgan fingerprint density at radius 2 is 1.79 bits per heavy atom. The summed E-state index contributed by atoms with van der Waals surface area (Å²) in [6.07, 6.45) is -3.02. The van der Waals surface area contributed by atoms with E-state index in [2.05, 4.69) is 10.3 Å². The van der Waals surface area contributed by atoms with E-state index in [1.54, 1.807) is 24.3 Å². The number of pyridine rings is 1. The second-order valence-electron chi connectivity index (χ2n) is 4.88. The number of hydrogen-bond acceptors (Lipinski definition) is 3. The monoisotopic (exact) mass is 349 g/mol. The molecule has 0 bridgehead atoms. The summed E-state index contributed by atoms with van der Waals surface area (Å²) in [5, 5.41) is 12.8. The number of nitrogens with one attached hydrogen (secondary N) is 1. The molecule has 1 aromatic heterocycles. The van der Waals surface area contributed by atoms with Crippen LogP contribution in [0.2, 0.25) is 0 Å². The average Bonchev–Trinajstić information content (AvgIpc) is 2.55. The summed E-state index contributed by atoms with van der Waals surface area (Å²) in [6.45, 7) is 0. The molecule has 7 heteroatoms. The number of hydrogen-bond donors (Lipinski definition) is 1. The summed E-state index contributed by atoms with van der Waals surface area (Å²) in [6, 6.07) is 14.0. The van der Waals surface area contributed by atoms with Gasteiger partial charge in [0.25, 0.3) is 0 Å². The smallest absolute Gasteiger partial charge is 0.354 e. The number of halogens is 4. The van der Waals surface area contributed by atoms with Gasteiger partial charge in [0, 0.05) is 17.3 Å². The zero-order chi connectivity index (χ0) is 16.4. The quantitative estimate of drug-likeness (QED) is 0.683. The van der Waals surface area contributed by atoms with Gasteiger partial charge in [-0.15, -0.1) is 12.4 Å². The highest BCUT2D eigenvalue weighted by Crippen LogP contribution is 2.33. The number of para-hydroxylation sites is 1. The van der Waals surface area contributed by atoms with E-state index in [4.69, 9.17) is 0 Å². The fourth-order valence-electron chi connectivity index (χ4n) is 2.28. The van der Waals surface area contributed by atoms with Crippen LogP contribution in [0.15, 0.2) is 54.7 Å². The Labute approximate surface area is 142 Å². The van der Waals surface area contributed by atoms with Crippen molar-refractivity contribution in [2.45, 2.75) is 6.18 Å². The lowest BCUT2D eigenvalue weighted by molar-refractivity contribution is -0.137. The molecule has 3 aromatic rings. The maximum atomic E-state index is 12.8. The second kappa shape index (κ2) is 6.77. The molecular formula is C17H11ClF3N3. The fraction of sp³-hybridized carbons (Fsp3) is 0.0588. The fourth-order valence-corrected chi connectivity index (χ4v) is 2.28. The predicted molar refractivity (Wildman–Crippen MR) is 88.4 cm³/mol. The molecule has 0 aliphatic carbocycles. The lowest BCUT2D eigenvalue weighted by atomic mass is 10.1. The Morgan fingerprint density at radius 3 is 2.50 bits per heavy atom. The van der Waals surface area contributed by atoms with Crippen LogP contribution in [0.1, 0.15) is 11.1 Å². The van der Waals surface area contributed by atoms with Crippen molar-refractivity contribution in [2.75, 3.05) is 5.32 Å². The molecule has 0 saturated carbocycles. The Bertz CT molecular complexity index is 917. The van der Waals surface area contributed by atoms with E-state index < -0.39 is 11.7 Å². The van der Waals surface area contributed by atoms with Crippen molar-refractivity contribution in [3.63, 3.8) is 0 Å². The third-order valence-corrected chi connectivity index (χ3v) is 3.36. The minimum atomic E-state index is -4.42. The molecule has 0 fully saturated rings. The SMILES string of the molecule is Cl.N#Cc1cnc2ccccc2c1Nc1cccc(C(F)(F)F)c1. The third kappa shape index (κ3) is 3.42. The molecule has 0 spiro atoms. The molecule has 3 nitrogen and oxygen atoms in total. The van der Waals surface area contributed by atoms with Gasteiger partial charge >= 0.3 is 6.18 Å². The van der Waals surface area contributed by atoms with Crippen molar-refractivity contribution in [3.8, 4) is 6.07 Å². The van der Waals surface area contributed by atoms with Crippen molar-refractivity contribution in [3.05, 3.63) is 65.9 Å². The van der Waals surface area contributed by atoms with Crippen LogP contribution in [-0.2, 0) is 6.18 Å². The zero-order valence-corrected chi connectivity index (χ0v) is 12.9. The van der Waals surface area contributed by atoms with Gasteiger partial charge in [0.2, 0.25) is 0 Å². The lowest BCUT2D eigenvalue weighted by Crippen LogP contribution is -2.05. The highest BCUT2D eigenvalue weighted by Gasteiger charge is 2.30. The van der Waals surface area contributed by atoms with E-state index >= 15 is 0 Å². The van der Waals surface area contributed by atoms with Crippen molar-refractivity contribution in [2.24, 2.45) is 0 Å². The number of nitriles is 1. The molecular weight excluding hydrogens is 339 g/mol. The maximum absolute atomic E-state index is 12.8. The van der Waals surface area contributed by atoms with E-state index in [0.717, 1.165) is 12.1 Å². The topological polar surface area (TPSA) is 48.7 Å². The third-order valence-electron chi connectivity index (χ3n) is 3.36. The summed E-state index contributed by atoms with van der Waals surface area (Å²) in [5.41, 5.74) is 0.867. The summed E-state index contributed by atoms with van der Waals surface area (Å²) in [5.74, 6) is 0. The summed E-state index contributed by atoms with van der Waals surface area (Å²) in [7, 11) is 0. The molecule has 0 atom stereocenters. The minimum Gasteiger partial charge on any atom is -0.354 e. The first kappa shape index (κ1) is 17.6. The molecule has 24 heavy (non-hydrogen) atoms. The highest BCUT2D eigenvalue weighted by molar-refractivity contribution is 5.95. The minimum absolute atomic E-state index is 0. The molecule has 1 heterocycles. The van der Waals surface area contributed by atoms with Gasteiger partial charge in [-0.1, -0.05) is 24.3 Å². The van der Waals surface area contributed by atoms with Gasteiger partial charge in [0.1, 0.15) is 6.07 Å². The van der Waals surface area contributed by atoms with Crippen LogP contribution in [0, 0.1) is 11.3 Å². The van der Waals surface area contributed by atoms with Crippen LogP contribution in [0.5, 0.6) is 0 Å². The van der Waals surface area contributed by atoms with Gasteiger partial charge in [-0.2, -0.15) is 18.4 Å². The largest absolute Gasteiger partial charge is 0.416 e. The number of benzene rings is 2. The molecule has 0 radical (unpaired) electrons. The van der Waals surface area contributed by atoms with Gasteiger partial charge in [0.15, 0.2) is 0 Å². The van der Waals surface area contributed by atoms with Crippen molar-refractivity contribution in [1.29, 1.82) is 5.26 Å². The maximum Gasteiger partial charge on any atom is 0.416 e. The van der Waals surface area contributed by atoms with E-state index in [1.807, 2.05) is 6.07 Å². The van der Waals surface area contributed by atoms with Crippen molar-refractivity contribution >= 4 is 34.7 Å². The second-order valence-corrected chi connectivity index (χ2v) is 4.88. The highest BCUT2D eigenvalue weighted by atomic mass is 35.5. The summed E-state index contributed by atoms with van der Waals surface area (Å²) in [4.78, 5) is 4.17. The van der Waals surface area contributed by atoms with Gasteiger partial charge in [-0.3, -0.25) is 4.98 Å². The van der Waals surface area contributed by atoms with Gasteiger partial charge in [-0.25, -0.2) is 0 Å². The van der Waals surface area contributed by atoms with E-state index in [9.17, 15) is 18.4 Å². The Morgan fingerprint density at radius 1 is 1.04 bits per heavy atom. The van der Waals surface area contributed by atoms with Crippen LogP contribution in [0.25, 0.3) is 10.9 Å². The van der Waals surface area contributed by atoms with Crippen LogP contribution >= 0.6 is 12.4 Å². The number of alkyl halides is 3. The van der Waals surface area contributed by atoms with Gasteiger partial charge in [0.05, 0.1) is 22.3 Å². The summed E-state index contributed by atoms with van der Waals surface area (Å²) >= 11 is 0. The standard InChI is InChI=1S/C17H10F3N3.ClH/c18-17(19,20)12-4-3-5-13(8-12)23-16-11(9-21)10-22-15-7-2-1-6-14(15)16;/h1-8,10H,(H,22,23);1H. The van der Waals surface area contributed by atoms with E-state index in [0.29, 0.717) is 16.6 Å². The number of nitrogens with zero attached hydrogens (tertiary/aromatic N) is 2. The Balaban J connectivity index is 0.00000208. The number of aromatic nitrogens is 1. The first-order valence-electron chi connectivity index (χ1n) is 6.71. The van der Waals surface area contributed by atoms with Crippen LogP contribution < -0.4 is 5.32 Å². The van der Waals surface area contributed by atoms with Crippen LogP contribution in [-0.4, -0.2) is 4.98 Å². The normalized spacial score (nSPS) is 10.8. The molecule has 122 valence electrons. The number of rotatable bonds is 2. The van der Waals surface area contributed by atoms with Crippen molar-refractivity contribution < 1.29 is 13.2 Å². The molecule has 0 aliphatic rings. The average molecular weight is 350 g/mol. The molecule has 0 unspecified atom stereocenters. The lowest BCUT2D eigenvalue weighted by Gasteiger charge is -2.13. The van der Waals surface area contributed by atoms with Gasteiger partial charge < -0.3 is 5.32 Å². The molecule has 0 saturated heterocycles. The van der Waals surface area contributed by atoms with Crippen molar-refractivity contribution in [1.82, 2.24) is 4.98 Å². The number of anilines is 2. The van der Waals surface area contributed by atoms with Crippen LogP contribution in [0.4, 0.5) is 24.5 Å². The predicted octanol–water partition coefficient (Wildman–Crippen LogP) is 5.29. The van der Waals surface area contributed by atoms with E-state index in [1.165, 1.54) is 18.3 Å². The van der Waals surface area contributed by atoms with E-state index in [-0.39, 0.29) is 23.7 Å². The summed E-state index contributed by atoms with van der Waals surface area (Å²) < 4.78 is 38.4. The Hall–Kier alpha value is -2.78.